The maximum atomic E-state index is 13.1. The van der Waals surface area contributed by atoms with E-state index < -0.39 is 6.10 Å². The van der Waals surface area contributed by atoms with E-state index in [1.807, 2.05) is 29.6 Å². The summed E-state index contributed by atoms with van der Waals surface area (Å²) in [7, 11) is 1.70. The largest absolute Gasteiger partial charge is 0.382 e. The van der Waals surface area contributed by atoms with E-state index in [1.165, 1.54) is 39.5 Å². The first-order valence-corrected chi connectivity index (χ1v) is 10.6. The van der Waals surface area contributed by atoms with Gasteiger partial charge in [-0.2, -0.15) is 5.10 Å². The fourth-order valence-corrected chi connectivity index (χ4v) is 4.68. The second-order valence-corrected chi connectivity index (χ2v) is 8.63. The number of rotatable bonds is 6. The minimum absolute atomic E-state index is 0.248. The lowest BCUT2D eigenvalue weighted by molar-refractivity contribution is 0.0942. The van der Waals surface area contributed by atoms with Crippen LogP contribution in [0.2, 0.25) is 0 Å². The van der Waals surface area contributed by atoms with Crippen molar-refractivity contribution in [3.05, 3.63) is 86.1 Å². The standard InChI is InChI=1S/C21H18FN3O2S2/c1-25-17(11-16(24-25)13-4-6-14(22)7-5-13)21(27)23-12-15-8-9-19(29-15)20(26)18-3-2-10-28-18/h2-11,20,26H,12H2,1H3,(H,23,27). The third-order valence-electron chi connectivity index (χ3n) is 4.44. The number of hydrogen-bond donors (Lipinski definition) is 2. The van der Waals surface area contributed by atoms with Gasteiger partial charge < -0.3 is 10.4 Å². The van der Waals surface area contributed by atoms with Crippen LogP contribution in [0.25, 0.3) is 11.3 Å². The first-order valence-electron chi connectivity index (χ1n) is 8.89. The summed E-state index contributed by atoms with van der Waals surface area (Å²) in [6.45, 7) is 0.359. The summed E-state index contributed by atoms with van der Waals surface area (Å²) in [5, 5.41) is 19.6. The molecule has 0 saturated heterocycles. The fraction of sp³-hybridized carbons (Fsp3) is 0.143. The number of carbonyl (C=O) groups is 1. The van der Waals surface area contributed by atoms with Crippen LogP contribution < -0.4 is 5.32 Å². The van der Waals surface area contributed by atoms with Crippen LogP contribution in [0.4, 0.5) is 4.39 Å². The predicted molar refractivity (Wildman–Crippen MR) is 112 cm³/mol. The third-order valence-corrected chi connectivity index (χ3v) is 6.50. The highest BCUT2D eigenvalue weighted by atomic mass is 32.1. The van der Waals surface area contributed by atoms with E-state index in [0.717, 1.165) is 20.2 Å². The van der Waals surface area contributed by atoms with Gasteiger partial charge in [0, 0.05) is 27.2 Å². The van der Waals surface area contributed by atoms with Gasteiger partial charge in [-0.25, -0.2) is 4.39 Å². The number of halogens is 1. The summed E-state index contributed by atoms with van der Waals surface area (Å²) >= 11 is 2.98. The average molecular weight is 428 g/mol. The lowest BCUT2D eigenvalue weighted by Crippen LogP contribution is -2.24. The Bertz CT molecular complexity index is 1120. The zero-order valence-electron chi connectivity index (χ0n) is 15.5. The molecule has 4 rings (SSSR count). The van der Waals surface area contributed by atoms with Crippen molar-refractivity contribution in [1.82, 2.24) is 15.1 Å². The molecule has 0 aliphatic carbocycles. The maximum Gasteiger partial charge on any atom is 0.269 e. The Balaban J connectivity index is 1.42. The van der Waals surface area contributed by atoms with Gasteiger partial charge in [0.05, 0.1) is 12.2 Å². The second kappa shape index (κ2) is 8.28. The minimum atomic E-state index is -0.639. The van der Waals surface area contributed by atoms with E-state index in [0.29, 0.717) is 17.9 Å². The molecule has 0 bridgehead atoms. The molecule has 0 aliphatic heterocycles. The number of benzene rings is 1. The second-order valence-electron chi connectivity index (χ2n) is 6.45. The average Bonchev–Trinajstić information content (AvgIpc) is 3.47. The van der Waals surface area contributed by atoms with Crippen LogP contribution in [0, 0.1) is 5.82 Å². The first kappa shape index (κ1) is 19.5. The highest BCUT2D eigenvalue weighted by Gasteiger charge is 2.16. The lowest BCUT2D eigenvalue weighted by Gasteiger charge is -2.05. The number of nitrogens with one attached hydrogen (secondary N) is 1. The van der Waals surface area contributed by atoms with Crippen LogP contribution in [0.15, 0.2) is 60.0 Å². The van der Waals surface area contributed by atoms with Gasteiger partial charge >= 0.3 is 0 Å². The number of hydrogen-bond acceptors (Lipinski definition) is 5. The number of nitrogens with zero attached hydrogens (tertiary/aromatic N) is 2. The molecule has 0 fully saturated rings. The molecular formula is C21H18FN3O2S2. The Labute approximate surface area is 175 Å². The smallest absolute Gasteiger partial charge is 0.269 e. The van der Waals surface area contributed by atoms with Gasteiger partial charge in [0.15, 0.2) is 0 Å². The zero-order chi connectivity index (χ0) is 20.4. The summed E-state index contributed by atoms with van der Waals surface area (Å²) in [6, 6.07) is 15.3. The Kier molecular flexibility index (Phi) is 5.57. The molecule has 5 nitrogen and oxygen atoms in total. The Hall–Kier alpha value is -2.81. The molecule has 0 radical (unpaired) electrons. The number of thiophene rings is 2. The van der Waals surface area contributed by atoms with Crippen molar-refractivity contribution in [3.8, 4) is 11.3 Å². The van der Waals surface area contributed by atoms with Gasteiger partial charge in [0.2, 0.25) is 0 Å². The summed E-state index contributed by atoms with van der Waals surface area (Å²) in [6.07, 6.45) is -0.639. The predicted octanol–water partition coefficient (Wildman–Crippen LogP) is 4.36. The molecule has 0 saturated carbocycles. The summed E-state index contributed by atoms with van der Waals surface area (Å²) in [4.78, 5) is 15.3. The molecular weight excluding hydrogens is 409 g/mol. The van der Waals surface area contributed by atoms with Gasteiger partial charge in [-0.1, -0.05) is 6.07 Å². The molecule has 1 atom stereocenters. The van der Waals surface area contributed by atoms with Gasteiger partial charge in [0.25, 0.3) is 5.91 Å². The van der Waals surface area contributed by atoms with Crippen LogP contribution in [0.5, 0.6) is 0 Å². The molecule has 3 heterocycles. The maximum absolute atomic E-state index is 13.1. The van der Waals surface area contributed by atoms with Gasteiger partial charge in [-0.15, -0.1) is 22.7 Å². The van der Waals surface area contributed by atoms with Gasteiger partial charge in [0.1, 0.15) is 17.6 Å². The van der Waals surface area contributed by atoms with Crippen molar-refractivity contribution in [2.24, 2.45) is 7.05 Å². The van der Waals surface area contributed by atoms with E-state index in [4.69, 9.17) is 0 Å². The normalized spacial score (nSPS) is 12.1. The highest BCUT2D eigenvalue weighted by molar-refractivity contribution is 7.12. The van der Waals surface area contributed by atoms with Crippen LogP contribution in [-0.2, 0) is 13.6 Å². The molecule has 1 aromatic carbocycles. The number of aryl methyl sites for hydroxylation is 1. The third kappa shape index (κ3) is 4.29. The first-order chi connectivity index (χ1) is 14.0. The summed E-state index contributed by atoms with van der Waals surface area (Å²) < 4.78 is 14.6. The van der Waals surface area contributed by atoms with Crippen LogP contribution >= 0.6 is 22.7 Å². The van der Waals surface area contributed by atoms with Crippen molar-refractivity contribution in [2.75, 3.05) is 0 Å². The topological polar surface area (TPSA) is 67.2 Å². The Morgan fingerprint density at radius 3 is 2.72 bits per heavy atom. The molecule has 3 aromatic heterocycles. The molecule has 148 valence electrons. The molecule has 2 N–H and O–H groups in total. The molecule has 8 heteroatoms. The van der Waals surface area contributed by atoms with E-state index in [1.54, 1.807) is 25.2 Å². The van der Waals surface area contributed by atoms with Crippen molar-refractivity contribution in [1.29, 1.82) is 0 Å². The van der Waals surface area contributed by atoms with Crippen molar-refractivity contribution >= 4 is 28.6 Å². The van der Waals surface area contributed by atoms with Gasteiger partial charge in [-0.3, -0.25) is 9.48 Å². The number of aliphatic hydroxyl groups is 1. The Morgan fingerprint density at radius 1 is 1.21 bits per heavy atom. The number of aromatic nitrogens is 2. The highest BCUT2D eigenvalue weighted by Crippen LogP contribution is 2.31. The minimum Gasteiger partial charge on any atom is -0.382 e. The number of aliphatic hydroxyl groups excluding tert-OH is 1. The van der Waals surface area contributed by atoms with E-state index in [2.05, 4.69) is 10.4 Å². The number of amides is 1. The van der Waals surface area contributed by atoms with Crippen molar-refractivity contribution in [2.45, 2.75) is 12.6 Å². The molecule has 29 heavy (non-hydrogen) atoms. The number of carbonyl (C=O) groups excluding carboxylic acids is 1. The van der Waals surface area contributed by atoms with E-state index in [-0.39, 0.29) is 11.7 Å². The lowest BCUT2D eigenvalue weighted by atomic mass is 10.1. The van der Waals surface area contributed by atoms with Crippen LogP contribution in [-0.4, -0.2) is 20.8 Å². The van der Waals surface area contributed by atoms with Crippen LogP contribution in [0.3, 0.4) is 0 Å². The van der Waals surface area contributed by atoms with Crippen molar-refractivity contribution in [3.63, 3.8) is 0 Å². The monoisotopic (exact) mass is 427 g/mol. The SMILES string of the molecule is Cn1nc(-c2ccc(F)cc2)cc1C(=O)NCc1ccc(C(O)c2cccs2)s1. The zero-order valence-corrected chi connectivity index (χ0v) is 17.1. The van der Waals surface area contributed by atoms with E-state index >= 15 is 0 Å². The quantitative estimate of drug-likeness (QED) is 0.480. The van der Waals surface area contributed by atoms with E-state index in [9.17, 15) is 14.3 Å². The molecule has 1 amide bonds. The molecule has 1 unspecified atom stereocenters. The molecule has 4 aromatic rings. The fourth-order valence-electron chi connectivity index (χ4n) is 2.92. The van der Waals surface area contributed by atoms with Gasteiger partial charge in [-0.05, 0) is 53.9 Å². The van der Waals surface area contributed by atoms with Crippen LogP contribution in [0.1, 0.15) is 31.2 Å². The summed E-state index contributed by atoms with van der Waals surface area (Å²) in [5.41, 5.74) is 1.77. The summed E-state index contributed by atoms with van der Waals surface area (Å²) in [5.74, 6) is -0.565. The van der Waals surface area contributed by atoms with Crippen molar-refractivity contribution < 1.29 is 14.3 Å². The Morgan fingerprint density at radius 2 is 2.00 bits per heavy atom. The molecule has 0 spiro atoms. The molecule has 0 aliphatic rings.